The third-order valence-corrected chi connectivity index (χ3v) is 4.32. The SMILES string of the molecule is CC(C)c1nn(-c2ccc(F)cc2)c2sc(C(=O)O)cc12. The Labute approximate surface area is 124 Å². The van der Waals surface area contributed by atoms with Crippen molar-refractivity contribution < 1.29 is 14.3 Å². The number of aromatic carboxylic acids is 1. The van der Waals surface area contributed by atoms with Crippen LogP contribution in [-0.4, -0.2) is 20.9 Å². The molecule has 1 aromatic carbocycles. The molecule has 3 aromatic rings. The summed E-state index contributed by atoms with van der Waals surface area (Å²) < 4.78 is 14.7. The molecule has 0 aliphatic heterocycles. The first kappa shape index (κ1) is 13.8. The van der Waals surface area contributed by atoms with Crippen molar-refractivity contribution in [3.63, 3.8) is 0 Å². The van der Waals surface area contributed by atoms with Crippen LogP contribution in [0, 0.1) is 5.82 Å². The van der Waals surface area contributed by atoms with E-state index in [4.69, 9.17) is 5.11 Å². The summed E-state index contributed by atoms with van der Waals surface area (Å²) in [4.78, 5) is 12.2. The lowest BCUT2D eigenvalue weighted by molar-refractivity contribution is 0.0702. The van der Waals surface area contributed by atoms with Crippen LogP contribution in [0.1, 0.15) is 35.1 Å². The number of rotatable bonds is 3. The molecule has 0 fully saturated rings. The molecular weight excluding hydrogens is 291 g/mol. The van der Waals surface area contributed by atoms with Crippen LogP contribution in [0.4, 0.5) is 4.39 Å². The van der Waals surface area contributed by atoms with Gasteiger partial charge in [0.1, 0.15) is 15.5 Å². The molecule has 6 heteroatoms. The number of fused-ring (bicyclic) bond motifs is 1. The van der Waals surface area contributed by atoms with Crippen molar-refractivity contribution in [1.29, 1.82) is 0 Å². The van der Waals surface area contributed by atoms with E-state index in [2.05, 4.69) is 5.10 Å². The molecule has 108 valence electrons. The van der Waals surface area contributed by atoms with Gasteiger partial charge in [0.05, 0.1) is 11.4 Å². The minimum absolute atomic E-state index is 0.172. The third-order valence-electron chi connectivity index (χ3n) is 3.22. The summed E-state index contributed by atoms with van der Waals surface area (Å²) in [7, 11) is 0. The van der Waals surface area contributed by atoms with E-state index < -0.39 is 5.97 Å². The van der Waals surface area contributed by atoms with Gasteiger partial charge in [0, 0.05) is 5.39 Å². The molecule has 0 saturated carbocycles. The molecule has 2 heterocycles. The fraction of sp³-hybridized carbons (Fsp3) is 0.200. The molecular formula is C15H13FN2O2S. The highest BCUT2D eigenvalue weighted by molar-refractivity contribution is 7.20. The summed E-state index contributed by atoms with van der Waals surface area (Å²) in [6.45, 7) is 4.02. The van der Waals surface area contributed by atoms with Gasteiger partial charge in [-0.2, -0.15) is 5.10 Å². The molecule has 2 aromatic heterocycles. The third kappa shape index (κ3) is 2.31. The minimum atomic E-state index is -0.948. The number of aromatic nitrogens is 2. The lowest BCUT2D eigenvalue weighted by atomic mass is 10.1. The number of carbonyl (C=O) groups is 1. The van der Waals surface area contributed by atoms with Crippen molar-refractivity contribution >= 4 is 27.5 Å². The van der Waals surface area contributed by atoms with Crippen molar-refractivity contribution in [2.75, 3.05) is 0 Å². The predicted molar refractivity (Wildman–Crippen MR) is 80.0 cm³/mol. The zero-order chi connectivity index (χ0) is 15.1. The Bertz CT molecular complexity index is 818. The number of nitrogens with zero attached hydrogens (tertiary/aromatic N) is 2. The summed E-state index contributed by atoms with van der Waals surface area (Å²) in [5, 5.41) is 14.6. The van der Waals surface area contributed by atoms with Gasteiger partial charge in [-0.25, -0.2) is 13.9 Å². The average Bonchev–Trinajstić information content (AvgIpc) is 2.98. The number of hydrogen-bond acceptors (Lipinski definition) is 3. The van der Waals surface area contributed by atoms with E-state index in [1.165, 1.54) is 23.5 Å². The van der Waals surface area contributed by atoms with Crippen LogP contribution in [0.5, 0.6) is 0 Å². The molecule has 0 bridgehead atoms. The Balaban J connectivity index is 2.26. The van der Waals surface area contributed by atoms with E-state index in [0.29, 0.717) is 5.69 Å². The van der Waals surface area contributed by atoms with Crippen LogP contribution in [0.15, 0.2) is 30.3 Å². The van der Waals surface area contributed by atoms with Gasteiger partial charge in [0.2, 0.25) is 0 Å². The summed E-state index contributed by atoms with van der Waals surface area (Å²) in [5.74, 6) is -1.09. The molecule has 0 aliphatic rings. The zero-order valence-corrected chi connectivity index (χ0v) is 12.3. The topological polar surface area (TPSA) is 55.1 Å². The van der Waals surface area contributed by atoms with Gasteiger partial charge >= 0.3 is 5.97 Å². The van der Waals surface area contributed by atoms with Crippen LogP contribution in [0.25, 0.3) is 15.9 Å². The normalized spacial score (nSPS) is 11.4. The quantitative estimate of drug-likeness (QED) is 0.794. The lowest BCUT2D eigenvalue weighted by Gasteiger charge is -2.03. The molecule has 4 nitrogen and oxygen atoms in total. The van der Waals surface area contributed by atoms with Crippen molar-refractivity contribution in [2.24, 2.45) is 0 Å². The fourth-order valence-corrected chi connectivity index (χ4v) is 3.20. The highest BCUT2D eigenvalue weighted by Gasteiger charge is 2.20. The molecule has 0 spiro atoms. The second kappa shape index (κ2) is 4.96. The average molecular weight is 304 g/mol. The standard InChI is InChI=1S/C15H13FN2O2S/c1-8(2)13-11-7-12(15(19)20)21-14(11)18(17-13)10-5-3-9(16)4-6-10/h3-8H,1-2H3,(H,19,20). The van der Waals surface area contributed by atoms with Gasteiger partial charge in [-0.05, 0) is 36.2 Å². The minimum Gasteiger partial charge on any atom is -0.477 e. The number of carboxylic acid groups (broad SMARTS) is 1. The van der Waals surface area contributed by atoms with Gasteiger partial charge < -0.3 is 5.11 Å². The Hall–Kier alpha value is -2.21. The zero-order valence-electron chi connectivity index (χ0n) is 11.5. The fourth-order valence-electron chi connectivity index (χ4n) is 2.22. The van der Waals surface area contributed by atoms with Crippen LogP contribution in [0.2, 0.25) is 0 Å². The van der Waals surface area contributed by atoms with E-state index in [1.807, 2.05) is 13.8 Å². The number of benzene rings is 1. The van der Waals surface area contributed by atoms with E-state index in [9.17, 15) is 9.18 Å². The maximum Gasteiger partial charge on any atom is 0.345 e. The maximum atomic E-state index is 13.1. The highest BCUT2D eigenvalue weighted by Crippen LogP contribution is 2.33. The first-order valence-corrected chi connectivity index (χ1v) is 7.30. The highest BCUT2D eigenvalue weighted by atomic mass is 32.1. The van der Waals surface area contributed by atoms with E-state index in [1.54, 1.807) is 22.9 Å². The summed E-state index contributed by atoms with van der Waals surface area (Å²) >= 11 is 1.18. The number of hydrogen-bond donors (Lipinski definition) is 1. The van der Waals surface area contributed by atoms with Crippen molar-refractivity contribution in [3.05, 3.63) is 46.7 Å². The van der Waals surface area contributed by atoms with Crippen molar-refractivity contribution in [1.82, 2.24) is 9.78 Å². The monoisotopic (exact) mass is 304 g/mol. The van der Waals surface area contributed by atoms with E-state index in [0.717, 1.165) is 15.9 Å². The second-order valence-electron chi connectivity index (χ2n) is 5.06. The van der Waals surface area contributed by atoms with Gasteiger partial charge in [0.15, 0.2) is 0 Å². The van der Waals surface area contributed by atoms with Gasteiger partial charge in [-0.3, -0.25) is 0 Å². The molecule has 0 aliphatic carbocycles. The molecule has 0 unspecified atom stereocenters. The number of thiophene rings is 1. The Morgan fingerprint density at radius 2 is 2.00 bits per heavy atom. The first-order valence-electron chi connectivity index (χ1n) is 6.49. The molecule has 0 saturated heterocycles. The van der Waals surface area contributed by atoms with Crippen LogP contribution in [0.3, 0.4) is 0 Å². The van der Waals surface area contributed by atoms with E-state index in [-0.39, 0.29) is 16.6 Å². The number of halogens is 1. The molecule has 0 amide bonds. The van der Waals surface area contributed by atoms with Crippen LogP contribution >= 0.6 is 11.3 Å². The molecule has 21 heavy (non-hydrogen) atoms. The lowest BCUT2D eigenvalue weighted by Crippen LogP contribution is -1.98. The number of carboxylic acids is 1. The maximum absolute atomic E-state index is 13.1. The summed E-state index contributed by atoms with van der Waals surface area (Å²) in [6.07, 6.45) is 0. The van der Waals surface area contributed by atoms with Gasteiger partial charge in [0.25, 0.3) is 0 Å². The van der Waals surface area contributed by atoms with Crippen LogP contribution < -0.4 is 0 Å². The van der Waals surface area contributed by atoms with Gasteiger partial charge in [-0.15, -0.1) is 11.3 Å². The summed E-state index contributed by atoms with van der Waals surface area (Å²) in [5.41, 5.74) is 1.56. The Morgan fingerprint density at radius 1 is 1.33 bits per heavy atom. The second-order valence-corrected chi connectivity index (χ2v) is 6.09. The molecule has 0 atom stereocenters. The summed E-state index contributed by atoms with van der Waals surface area (Å²) in [6, 6.07) is 7.65. The van der Waals surface area contributed by atoms with Gasteiger partial charge in [-0.1, -0.05) is 13.8 Å². The largest absolute Gasteiger partial charge is 0.477 e. The Morgan fingerprint density at radius 3 is 2.57 bits per heavy atom. The van der Waals surface area contributed by atoms with Crippen molar-refractivity contribution in [3.8, 4) is 5.69 Å². The molecule has 3 rings (SSSR count). The van der Waals surface area contributed by atoms with E-state index >= 15 is 0 Å². The molecule has 0 radical (unpaired) electrons. The molecule has 1 N–H and O–H groups in total. The first-order chi connectivity index (χ1) is 9.97. The van der Waals surface area contributed by atoms with Crippen molar-refractivity contribution in [2.45, 2.75) is 19.8 Å². The smallest absolute Gasteiger partial charge is 0.345 e. The van der Waals surface area contributed by atoms with Crippen LogP contribution in [-0.2, 0) is 0 Å². The predicted octanol–water partition coefficient (Wildman–Crippen LogP) is 4.05. The Kier molecular flexibility index (Phi) is 3.25.